The van der Waals surface area contributed by atoms with E-state index in [0.29, 0.717) is 12.8 Å². The fourth-order valence-electron chi connectivity index (χ4n) is 11.8. The number of allylic oxidation sites excluding steroid dienone is 4. The van der Waals surface area contributed by atoms with Crippen molar-refractivity contribution in [2.24, 2.45) is 47.3 Å². The number of esters is 2. The summed E-state index contributed by atoms with van der Waals surface area (Å²) in [6.45, 7) is 24.6. The van der Waals surface area contributed by atoms with Crippen molar-refractivity contribution in [2.45, 2.75) is 245 Å². The number of rotatable bonds is 14. The Morgan fingerprint density at radius 2 is 0.932 bits per heavy atom. The molecule has 4 fully saturated rings. The smallest absolute Gasteiger partial charge is 0.334 e. The highest BCUT2D eigenvalue weighted by Crippen LogP contribution is 2.45. The minimum Gasteiger partial charge on any atom is -0.458 e. The molecule has 26 atom stereocenters. The fraction of sp³-hybridized carbons (Fsp3) is 0.821. The summed E-state index contributed by atoms with van der Waals surface area (Å²) in [5.41, 5.74) is 0.472. The summed E-state index contributed by atoms with van der Waals surface area (Å²) in [6.07, 6.45) is -2.54. The van der Waals surface area contributed by atoms with Gasteiger partial charge in [-0.1, -0.05) is 91.8 Å². The van der Waals surface area contributed by atoms with Gasteiger partial charge >= 0.3 is 11.9 Å². The molecular formula is C56H92O18. The first-order chi connectivity index (χ1) is 34.6. The molecule has 0 aromatic carbocycles. The number of aliphatic hydroxyl groups is 8. The van der Waals surface area contributed by atoms with Gasteiger partial charge in [-0.25, -0.2) is 9.59 Å². The molecule has 18 heteroatoms. The van der Waals surface area contributed by atoms with Crippen LogP contribution >= 0.6 is 0 Å². The third-order valence-electron chi connectivity index (χ3n) is 17.1. The molecule has 0 radical (unpaired) electrons. The van der Waals surface area contributed by atoms with E-state index in [4.69, 9.17) is 37.9 Å². The van der Waals surface area contributed by atoms with Crippen LogP contribution in [-0.2, 0) is 47.5 Å². The lowest BCUT2D eigenvalue weighted by Crippen LogP contribution is -2.59. The largest absolute Gasteiger partial charge is 0.458 e. The number of ether oxygens (including phenoxy) is 8. The summed E-state index contributed by atoms with van der Waals surface area (Å²) in [5, 5.41) is 90.1. The van der Waals surface area contributed by atoms with Crippen LogP contribution in [0.1, 0.15) is 135 Å². The van der Waals surface area contributed by atoms with Crippen molar-refractivity contribution < 1.29 is 88.3 Å². The zero-order valence-electron chi connectivity index (χ0n) is 46.2. The Morgan fingerprint density at radius 1 is 0.595 bits per heavy atom. The number of hydrogen-bond acceptors (Lipinski definition) is 18. The normalized spacial score (nSPS) is 43.7. The first kappa shape index (κ1) is 62.2. The third-order valence-corrected chi connectivity index (χ3v) is 17.1. The standard InChI is InChI=1S/C56H92O18/c1-15-39-35(11)73-55(65,25-43(39)69-45-23-41(57)49(61)37(13)67-45)33(9)47(59)31(7)51-27(3)19-17-21-30(6)54(64)72-52(28(4)20-18-22-29(5)53(63)71-51)32(8)48(60)34(10)56(66)26-44(40(16-2)36(12)74-56)70-46-24-42(58)50(62)38(14)68-46/h17-22,27-28,31-52,57-62,65-66H,15-16,23-26H2,1-14H3/t27-,28-,31-,32-,33-,34-,35+,36+,37-,38-,39+,40+,41-,42-,43+,44+,45-,46-,47+,48+,49+,50+,51-,52-,55+,56+/m0/s1. The second-order valence-electron chi connectivity index (χ2n) is 22.6. The minimum absolute atomic E-state index is 0.0280. The zero-order chi connectivity index (χ0) is 55.3. The zero-order valence-corrected chi connectivity index (χ0v) is 46.2. The van der Waals surface area contributed by atoms with Gasteiger partial charge < -0.3 is 78.7 Å². The van der Waals surface area contributed by atoms with E-state index in [9.17, 15) is 50.4 Å². The first-order valence-electron chi connectivity index (χ1n) is 27.2. The van der Waals surface area contributed by atoms with Crippen molar-refractivity contribution in [2.75, 3.05) is 0 Å². The molecule has 0 bridgehead atoms. The lowest BCUT2D eigenvalue weighted by Gasteiger charge is -2.50. The molecule has 4 saturated heterocycles. The molecule has 74 heavy (non-hydrogen) atoms. The van der Waals surface area contributed by atoms with Crippen molar-refractivity contribution in [3.63, 3.8) is 0 Å². The first-order valence-corrected chi connectivity index (χ1v) is 27.2. The summed E-state index contributed by atoms with van der Waals surface area (Å²) < 4.78 is 49.6. The van der Waals surface area contributed by atoms with Crippen LogP contribution < -0.4 is 0 Å². The van der Waals surface area contributed by atoms with E-state index >= 15 is 0 Å². The van der Waals surface area contributed by atoms with Crippen LogP contribution in [-0.4, -0.2) is 162 Å². The molecule has 5 aliphatic heterocycles. The molecule has 8 N–H and O–H groups in total. The van der Waals surface area contributed by atoms with Gasteiger partial charge in [-0.15, -0.1) is 0 Å². The van der Waals surface area contributed by atoms with Crippen LogP contribution in [0.2, 0.25) is 0 Å². The number of hydrogen-bond donors (Lipinski definition) is 8. The van der Waals surface area contributed by atoms with Crippen LogP contribution in [0.15, 0.2) is 47.6 Å². The molecule has 5 heterocycles. The second-order valence-corrected chi connectivity index (χ2v) is 22.6. The molecule has 18 nitrogen and oxygen atoms in total. The van der Waals surface area contributed by atoms with Crippen molar-refractivity contribution in [1.29, 1.82) is 0 Å². The van der Waals surface area contributed by atoms with Crippen molar-refractivity contribution in [1.82, 2.24) is 0 Å². The van der Waals surface area contributed by atoms with Crippen molar-refractivity contribution >= 4 is 11.9 Å². The van der Waals surface area contributed by atoms with Crippen LogP contribution in [0.3, 0.4) is 0 Å². The summed E-state index contributed by atoms with van der Waals surface area (Å²) >= 11 is 0. The van der Waals surface area contributed by atoms with Gasteiger partial charge in [0, 0.05) is 84.2 Å². The highest BCUT2D eigenvalue weighted by atomic mass is 16.7. The van der Waals surface area contributed by atoms with Gasteiger partial charge in [0.1, 0.15) is 24.4 Å². The van der Waals surface area contributed by atoms with Crippen molar-refractivity contribution in [3.8, 4) is 0 Å². The Hall–Kier alpha value is -2.66. The molecule has 0 spiro atoms. The molecule has 0 aromatic heterocycles. The SMILES string of the molecule is CC[C@@H]1[C@@H](C)O[C@@](O)([C@@H](C)[C@H](O)[C@H](C)[C@H]2OC(=O)C(C)=CC=C[C@H](C)[C@@H]([C@@H](C)[C@@H](O)[C@H](C)[C@@]3(O)C[C@@H](O[C@H]4C[C@H](O)[C@H](O)[C@H](C)O4)[C@H](CC)[C@@H](C)O3)OC(=O)C(C)=CC=C[C@@H]2C)C[C@H]1O[C@H]1C[C@H](O)[C@H](O)[C@H](C)O1. The molecular weight excluding hydrogens is 961 g/mol. The van der Waals surface area contributed by atoms with Crippen LogP contribution in [0.25, 0.3) is 0 Å². The Balaban J connectivity index is 1.33. The minimum atomic E-state index is -1.89. The third kappa shape index (κ3) is 14.5. The highest BCUT2D eigenvalue weighted by Gasteiger charge is 2.54. The molecule has 0 unspecified atom stereocenters. The lowest BCUT2D eigenvalue weighted by atomic mass is 9.76. The van der Waals surface area contributed by atoms with Crippen LogP contribution in [0, 0.1) is 47.3 Å². The van der Waals surface area contributed by atoms with Crippen LogP contribution in [0.5, 0.6) is 0 Å². The van der Waals surface area contributed by atoms with E-state index in [2.05, 4.69) is 0 Å². The monoisotopic (exact) mass is 1050 g/mol. The average molecular weight is 1050 g/mol. The Morgan fingerprint density at radius 3 is 1.24 bits per heavy atom. The molecule has 0 amide bonds. The van der Waals surface area contributed by atoms with Gasteiger partial charge in [0.2, 0.25) is 0 Å². The van der Waals surface area contributed by atoms with Crippen LogP contribution in [0.4, 0.5) is 0 Å². The maximum Gasteiger partial charge on any atom is 0.334 e. The molecule has 5 aliphatic rings. The second kappa shape index (κ2) is 26.3. The number of carbonyl (C=O) groups is 2. The predicted molar refractivity (Wildman–Crippen MR) is 272 cm³/mol. The van der Waals surface area contributed by atoms with E-state index in [1.165, 1.54) is 0 Å². The Bertz CT molecular complexity index is 1800. The van der Waals surface area contributed by atoms with E-state index in [-0.39, 0.29) is 48.7 Å². The number of cyclic esters (lactones) is 2. The molecule has 5 rings (SSSR count). The fourth-order valence-corrected chi connectivity index (χ4v) is 11.8. The topological polar surface area (TPSA) is 270 Å². The summed E-state index contributed by atoms with van der Waals surface area (Å²) in [4.78, 5) is 27.8. The van der Waals surface area contributed by atoms with E-state index < -0.39 is 157 Å². The van der Waals surface area contributed by atoms with Gasteiger partial charge in [0.05, 0.1) is 61.0 Å². The van der Waals surface area contributed by atoms with Gasteiger partial charge in [0.15, 0.2) is 24.2 Å². The lowest BCUT2D eigenvalue weighted by molar-refractivity contribution is -0.345. The number of carbonyl (C=O) groups excluding carboxylic acids is 2. The summed E-state index contributed by atoms with van der Waals surface area (Å²) in [6, 6.07) is 0. The van der Waals surface area contributed by atoms with Gasteiger partial charge in [0.25, 0.3) is 0 Å². The van der Waals surface area contributed by atoms with E-state index in [1.54, 1.807) is 91.8 Å². The molecule has 0 aliphatic carbocycles. The quantitative estimate of drug-likeness (QED) is 0.108. The summed E-state index contributed by atoms with van der Waals surface area (Å²) in [7, 11) is 0. The molecule has 0 saturated carbocycles. The molecule has 0 aromatic rings. The average Bonchev–Trinajstić information content (AvgIpc) is 3.33. The summed E-state index contributed by atoms with van der Waals surface area (Å²) in [5.74, 6) is -9.82. The molecule has 424 valence electrons. The maximum absolute atomic E-state index is 13.9. The van der Waals surface area contributed by atoms with E-state index in [1.807, 2.05) is 41.5 Å². The van der Waals surface area contributed by atoms with E-state index in [0.717, 1.165) is 0 Å². The maximum atomic E-state index is 13.9. The van der Waals surface area contributed by atoms with Crippen molar-refractivity contribution in [3.05, 3.63) is 47.6 Å². The highest BCUT2D eigenvalue weighted by molar-refractivity contribution is 5.88. The predicted octanol–water partition coefficient (Wildman–Crippen LogP) is 4.90. The number of aliphatic hydroxyl groups excluding tert-OH is 6. The Labute approximate surface area is 439 Å². The van der Waals surface area contributed by atoms with Gasteiger partial charge in [-0.2, -0.15) is 0 Å². The van der Waals surface area contributed by atoms with Gasteiger partial charge in [-0.3, -0.25) is 0 Å². The Kier molecular flexibility index (Phi) is 22.1. The van der Waals surface area contributed by atoms with Gasteiger partial charge in [-0.05, 0) is 54.4 Å².